The van der Waals surface area contributed by atoms with Gasteiger partial charge < -0.3 is 19.1 Å². The van der Waals surface area contributed by atoms with Crippen molar-refractivity contribution in [3.63, 3.8) is 0 Å². The van der Waals surface area contributed by atoms with Gasteiger partial charge in [-0.05, 0) is 62.9 Å². The van der Waals surface area contributed by atoms with Crippen molar-refractivity contribution < 1.29 is 14.6 Å². The summed E-state index contributed by atoms with van der Waals surface area (Å²) >= 11 is 6.92. The molecule has 0 spiro atoms. The summed E-state index contributed by atoms with van der Waals surface area (Å²) in [4.78, 5) is 20.8. The lowest BCUT2D eigenvalue weighted by molar-refractivity contribution is 0.0000502. The number of likely N-dealkylation sites (tertiary alicyclic amines) is 1. The largest absolute Gasteiger partial charge is 0.492 e. The van der Waals surface area contributed by atoms with E-state index in [0.29, 0.717) is 46.8 Å². The molecular weight excluding hydrogens is 504 g/mol. The molecule has 6 rings (SSSR count). The number of rotatable bonds is 10. The first-order valence-corrected chi connectivity index (χ1v) is 13.4. The molecule has 0 unspecified atom stereocenters. The number of benzene rings is 1. The van der Waals surface area contributed by atoms with Crippen molar-refractivity contribution in [2.24, 2.45) is 0 Å². The zero-order valence-electron chi connectivity index (χ0n) is 21.6. The highest BCUT2D eigenvalue weighted by molar-refractivity contribution is 6.34. The maximum absolute atomic E-state index is 9.47. The average molecular weight is 535 g/mol. The van der Waals surface area contributed by atoms with Crippen LogP contribution in [0.25, 0.3) is 22.6 Å². The lowest BCUT2D eigenvalue weighted by atomic mass is 10.1. The Morgan fingerprint density at radius 1 is 1.16 bits per heavy atom. The number of pyridine rings is 1. The third kappa shape index (κ3) is 5.18. The van der Waals surface area contributed by atoms with Crippen LogP contribution >= 0.6 is 11.6 Å². The summed E-state index contributed by atoms with van der Waals surface area (Å²) in [6.07, 6.45) is 5.96. The van der Waals surface area contributed by atoms with Gasteiger partial charge in [-0.15, -0.1) is 0 Å². The van der Waals surface area contributed by atoms with Crippen LogP contribution in [0.4, 0.5) is 0 Å². The summed E-state index contributed by atoms with van der Waals surface area (Å²) in [5, 5.41) is 9.96. The van der Waals surface area contributed by atoms with Crippen molar-refractivity contribution in [3.8, 4) is 23.0 Å². The summed E-state index contributed by atoms with van der Waals surface area (Å²) in [7, 11) is 0. The Morgan fingerprint density at radius 3 is 2.76 bits per heavy atom. The van der Waals surface area contributed by atoms with E-state index in [1.165, 1.54) is 6.33 Å². The Morgan fingerprint density at radius 2 is 2.00 bits per heavy atom. The number of nitrogens with zero attached hydrogens (tertiary/aromatic N) is 6. The first-order chi connectivity index (χ1) is 18.4. The van der Waals surface area contributed by atoms with Crippen molar-refractivity contribution >= 4 is 22.8 Å². The average Bonchev–Trinajstić information content (AvgIpc) is 3.49. The number of ether oxygens (including phenoxy) is 2. The van der Waals surface area contributed by atoms with E-state index >= 15 is 0 Å². The molecule has 0 radical (unpaired) electrons. The van der Waals surface area contributed by atoms with E-state index in [9.17, 15) is 5.11 Å². The number of hydrogen-bond acceptors (Lipinski definition) is 8. The maximum Gasteiger partial charge on any atom is 0.245 e. The Kier molecular flexibility index (Phi) is 6.67. The molecule has 10 heteroatoms. The van der Waals surface area contributed by atoms with Gasteiger partial charge in [-0.1, -0.05) is 17.7 Å². The van der Waals surface area contributed by atoms with Crippen molar-refractivity contribution in [3.05, 3.63) is 59.1 Å². The summed E-state index contributed by atoms with van der Waals surface area (Å²) in [5.41, 5.74) is 3.81. The third-order valence-corrected chi connectivity index (χ3v) is 7.50. The second-order valence-corrected chi connectivity index (χ2v) is 10.9. The molecule has 198 valence electrons. The number of imidazole rings is 1. The molecule has 0 amide bonds. The van der Waals surface area contributed by atoms with Gasteiger partial charge in [0, 0.05) is 31.4 Å². The lowest BCUT2D eigenvalue weighted by Gasteiger charge is -2.35. The number of β-amino-alcohol motifs (C(OH)–C–C–N with tert-alkyl or cyclic N) is 1. The molecule has 3 aromatic heterocycles. The highest BCUT2D eigenvalue weighted by Gasteiger charge is 2.41. The van der Waals surface area contributed by atoms with Gasteiger partial charge in [0.2, 0.25) is 5.88 Å². The standard InChI is InChI=1S/C28H31ClN6O3/c1-18-7-10-30-19(13-18)14-35-25(33-24-26(35)31-17-32-27(24)38-28(2)8-9-28)21-5-3-6-22(23(21)29)37-12-4-11-34-15-20(36)16-34/h3,5-7,10,13,17,20,36H,4,8-9,11-12,14-16H2,1-2H3. The number of aliphatic hydroxyl groups is 1. The highest BCUT2D eigenvalue weighted by atomic mass is 35.5. The van der Waals surface area contributed by atoms with E-state index < -0.39 is 0 Å². The summed E-state index contributed by atoms with van der Waals surface area (Å²) < 4.78 is 14.3. The fourth-order valence-corrected chi connectivity index (χ4v) is 4.96. The van der Waals surface area contributed by atoms with Crippen LogP contribution in [0, 0.1) is 6.92 Å². The predicted octanol–water partition coefficient (Wildman–Crippen LogP) is 4.28. The van der Waals surface area contributed by atoms with Gasteiger partial charge in [-0.3, -0.25) is 9.88 Å². The van der Waals surface area contributed by atoms with E-state index in [-0.39, 0.29) is 11.7 Å². The monoisotopic (exact) mass is 534 g/mol. The zero-order valence-corrected chi connectivity index (χ0v) is 22.4. The molecule has 0 atom stereocenters. The minimum Gasteiger partial charge on any atom is -0.492 e. The van der Waals surface area contributed by atoms with E-state index in [1.54, 1.807) is 0 Å². The normalized spacial score (nSPS) is 16.9. The third-order valence-electron chi connectivity index (χ3n) is 7.11. The molecule has 2 aliphatic rings. The molecule has 1 saturated carbocycles. The van der Waals surface area contributed by atoms with Gasteiger partial charge in [0.05, 0.1) is 30.0 Å². The summed E-state index contributed by atoms with van der Waals surface area (Å²) in [6.45, 7) is 7.47. The molecule has 4 heterocycles. The minimum absolute atomic E-state index is 0.195. The summed E-state index contributed by atoms with van der Waals surface area (Å²) in [6, 6.07) is 9.76. The van der Waals surface area contributed by atoms with Crippen LogP contribution in [-0.2, 0) is 6.54 Å². The summed E-state index contributed by atoms with van der Waals surface area (Å²) in [5.74, 6) is 1.74. The van der Waals surface area contributed by atoms with Gasteiger partial charge in [-0.2, -0.15) is 4.98 Å². The molecule has 9 nitrogen and oxygen atoms in total. The lowest BCUT2D eigenvalue weighted by Crippen LogP contribution is -2.50. The SMILES string of the molecule is Cc1ccnc(Cn2c(-c3cccc(OCCCN4CC(O)C4)c3Cl)nc3c(OC4(C)CC4)ncnc32)c1. The Bertz CT molecular complexity index is 1460. The van der Waals surface area contributed by atoms with Crippen LogP contribution < -0.4 is 9.47 Å². The number of aliphatic hydroxyl groups excluding tert-OH is 1. The Labute approximate surface area is 226 Å². The van der Waals surface area contributed by atoms with E-state index in [1.807, 2.05) is 42.0 Å². The van der Waals surface area contributed by atoms with Crippen LogP contribution in [0.1, 0.15) is 37.4 Å². The Hall–Kier alpha value is -3.27. The van der Waals surface area contributed by atoms with E-state index in [0.717, 1.165) is 55.7 Å². The molecule has 1 N–H and O–H groups in total. The van der Waals surface area contributed by atoms with Gasteiger partial charge in [0.1, 0.15) is 23.5 Å². The molecule has 1 aliphatic heterocycles. The smallest absolute Gasteiger partial charge is 0.245 e. The van der Waals surface area contributed by atoms with E-state index in [2.05, 4.69) is 32.8 Å². The van der Waals surface area contributed by atoms with Crippen LogP contribution in [0.15, 0.2) is 42.9 Å². The van der Waals surface area contributed by atoms with Crippen LogP contribution in [0.2, 0.25) is 5.02 Å². The number of aryl methyl sites for hydroxylation is 1. The molecule has 1 saturated heterocycles. The number of fused-ring (bicyclic) bond motifs is 1. The molecule has 38 heavy (non-hydrogen) atoms. The molecule has 1 aliphatic carbocycles. The van der Waals surface area contributed by atoms with Crippen LogP contribution in [0.5, 0.6) is 11.6 Å². The first kappa shape index (κ1) is 25.0. The molecule has 2 fully saturated rings. The van der Waals surface area contributed by atoms with Crippen molar-refractivity contribution in [2.45, 2.75) is 51.4 Å². The number of aromatic nitrogens is 5. The molecule has 4 aromatic rings. The number of halogens is 1. The Balaban J connectivity index is 1.34. The van der Waals surface area contributed by atoms with E-state index in [4.69, 9.17) is 26.1 Å². The molecule has 0 bridgehead atoms. The van der Waals surface area contributed by atoms with Gasteiger partial charge >= 0.3 is 0 Å². The quantitative estimate of drug-likeness (QED) is 0.301. The van der Waals surface area contributed by atoms with Gasteiger partial charge in [-0.25, -0.2) is 9.97 Å². The topological polar surface area (TPSA) is 98.4 Å². The van der Waals surface area contributed by atoms with Crippen LogP contribution in [0.3, 0.4) is 0 Å². The molecule has 1 aromatic carbocycles. The fourth-order valence-electron chi connectivity index (χ4n) is 4.70. The second kappa shape index (κ2) is 10.1. The van der Waals surface area contributed by atoms with Gasteiger partial charge in [0.25, 0.3) is 0 Å². The maximum atomic E-state index is 9.47. The van der Waals surface area contributed by atoms with Crippen molar-refractivity contribution in [2.75, 3.05) is 26.2 Å². The number of hydrogen-bond donors (Lipinski definition) is 1. The highest BCUT2D eigenvalue weighted by Crippen LogP contribution is 2.42. The van der Waals surface area contributed by atoms with Crippen LogP contribution in [-0.4, -0.2) is 72.5 Å². The second-order valence-electron chi connectivity index (χ2n) is 10.5. The first-order valence-electron chi connectivity index (χ1n) is 13.0. The van der Waals surface area contributed by atoms with Gasteiger partial charge in [0.15, 0.2) is 11.2 Å². The van der Waals surface area contributed by atoms with Crippen molar-refractivity contribution in [1.82, 2.24) is 29.4 Å². The zero-order chi connectivity index (χ0) is 26.3. The van der Waals surface area contributed by atoms with Crippen molar-refractivity contribution in [1.29, 1.82) is 0 Å². The predicted molar refractivity (Wildman–Crippen MR) is 145 cm³/mol. The minimum atomic E-state index is -0.205. The fraction of sp³-hybridized carbons (Fsp3) is 0.429. The molecular formula is C28H31ClN6O3.